The lowest BCUT2D eigenvalue weighted by Gasteiger charge is -2.13. The summed E-state index contributed by atoms with van der Waals surface area (Å²) in [4.78, 5) is 15.0. The molecule has 1 heterocycles. The maximum Gasteiger partial charge on any atom is 0.303 e. The molecule has 144 valence electrons. The van der Waals surface area contributed by atoms with Gasteiger partial charge in [0.1, 0.15) is 5.03 Å². The van der Waals surface area contributed by atoms with Crippen molar-refractivity contribution in [2.75, 3.05) is 6.61 Å². The third-order valence-corrected chi connectivity index (χ3v) is 5.99. The number of carboxylic acid groups (broad SMARTS) is 1. The molecule has 1 aromatic heterocycles. The minimum Gasteiger partial charge on any atom is -0.491 e. The zero-order valence-electron chi connectivity index (χ0n) is 15.2. The highest BCUT2D eigenvalue weighted by molar-refractivity contribution is 8.00. The predicted octanol–water partition coefficient (Wildman–Crippen LogP) is 5.56. The van der Waals surface area contributed by atoms with Crippen molar-refractivity contribution < 1.29 is 19.0 Å². The van der Waals surface area contributed by atoms with Gasteiger partial charge in [-0.25, -0.2) is 9.37 Å². The quantitative estimate of drug-likeness (QED) is 0.569. The number of aromatic nitrogens is 1. The summed E-state index contributed by atoms with van der Waals surface area (Å²) in [6, 6.07) is 8.83. The number of unbranched alkanes of at least 4 members (excludes halogenated alkanes) is 1. The largest absolute Gasteiger partial charge is 0.491 e. The van der Waals surface area contributed by atoms with Crippen LogP contribution in [0.2, 0.25) is 0 Å². The Bertz CT molecular complexity index is 778. The summed E-state index contributed by atoms with van der Waals surface area (Å²) in [5, 5.41) is 10.2. The van der Waals surface area contributed by atoms with Crippen molar-refractivity contribution in [3.8, 4) is 16.9 Å². The number of carbonyl (C=O) groups is 1. The molecular formula is C21H24FNO3S. The van der Waals surface area contributed by atoms with Crippen LogP contribution in [-0.2, 0) is 4.79 Å². The van der Waals surface area contributed by atoms with Crippen molar-refractivity contribution in [3.63, 3.8) is 0 Å². The Kier molecular flexibility index (Phi) is 7.10. The van der Waals surface area contributed by atoms with E-state index in [9.17, 15) is 9.18 Å². The Morgan fingerprint density at radius 3 is 2.81 bits per heavy atom. The summed E-state index contributed by atoms with van der Waals surface area (Å²) in [6.45, 7) is 0.305. The summed E-state index contributed by atoms with van der Waals surface area (Å²) >= 11 is 1.79. The number of ether oxygens (including phenoxy) is 1. The average molecular weight is 389 g/mol. The lowest BCUT2D eigenvalue weighted by molar-refractivity contribution is -0.137. The minimum absolute atomic E-state index is 0.104. The van der Waals surface area contributed by atoms with Crippen LogP contribution < -0.4 is 4.74 Å². The van der Waals surface area contributed by atoms with Gasteiger partial charge in [0.15, 0.2) is 11.6 Å². The highest BCUT2D eigenvalue weighted by atomic mass is 32.2. The number of benzene rings is 1. The van der Waals surface area contributed by atoms with E-state index in [1.165, 1.54) is 31.7 Å². The Labute approximate surface area is 163 Å². The Morgan fingerprint density at radius 1 is 1.26 bits per heavy atom. The number of hydrogen-bond acceptors (Lipinski definition) is 4. The van der Waals surface area contributed by atoms with Gasteiger partial charge in [0.05, 0.1) is 6.61 Å². The number of halogens is 1. The van der Waals surface area contributed by atoms with Crippen LogP contribution in [0.15, 0.2) is 41.6 Å². The maximum atomic E-state index is 14.5. The van der Waals surface area contributed by atoms with Crippen LogP contribution in [0, 0.1) is 5.82 Å². The van der Waals surface area contributed by atoms with Crippen LogP contribution in [0.25, 0.3) is 11.1 Å². The van der Waals surface area contributed by atoms with E-state index in [4.69, 9.17) is 9.84 Å². The fourth-order valence-corrected chi connectivity index (χ4v) is 4.53. The van der Waals surface area contributed by atoms with Crippen LogP contribution in [0.3, 0.4) is 0 Å². The number of nitrogens with zero attached hydrogens (tertiary/aromatic N) is 1. The number of carboxylic acids is 1. The van der Waals surface area contributed by atoms with Gasteiger partial charge in [-0.3, -0.25) is 4.79 Å². The van der Waals surface area contributed by atoms with E-state index >= 15 is 0 Å². The fraction of sp³-hybridized carbons (Fsp3) is 0.429. The third-order valence-electron chi connectivity index (χ3n) is 4.64. The molecule has 0 bridgehead atoms. The van der Waals surface area contributed by atoms with Crippen molar-refractivity contribution in [3.05, 3.63) is 42.3 Å². The van der Waals surface area contributed by atoms with E-state index in [0.717, 1.165) is 16.2 Å². The first-order valence-corrected chi connectivity index (χ1v) is 10.3. The average Bonchev–Trinajstić information content (AvgIpc) is 3.16. The van der Waals surface area contributed by atoms with Gasteiger partial charge >= 0.3 is 5.97 Å². The first kappa shape index (κ1) is 19.7. The van der Waals surface area contributed by atoms with Crippen molar-refractivity contribution in [1.29, 1.82) is 0 Å². The van der Waals surface area contributed by atoms with Gasteiger partial charge in [-0.1, -0.05) is 25.0 Å². The van der Waals surface area contributed by atoms with E-state index in [2.05, 4.69) is 4.98 Å². The monoisotopic (exact) mass is 389 g/mol. The van der Waals surface area contributed by atoms with E-state index in [0.29, 0.717) is 24.7 Å². The highest BCUT2D eigenvalue weighted by Crippen LogP contribution is 2.38. The maximum absolute atomic E-state index is 14.5. The molecule has 1 saturated carbocycles. The molecule has 1 aliphatic carbocycles. The summed E-state index contributed by atoms with van der Waals surface area (Å²) in [7, 11) is 0. The van der Waals surface area contributed by atoms with Gasteiger partial charge < -0.3 is 9.84 Å². The van der Waals surface area contributed by atoms with Crippen LogP contribution in [0.1, 0.15) is 44.9 Å². The lowest BCUT2D eigenvalue weighted by atomic mass is 10.1. The van der Waals surface area contributed by atoms with Crippen molar-refractivity contribution in [1.82, 2.24) is 4.98 Å². The Balaban J connectivity index is 1.65. The molecule has 2 aromatic rings. The van der Waals surface area contributed by atoms with E-state index in [1.54, 1.807) is 24.0 Å². The number of pyridine rings is 1. The summed E-state index contributed by atoms with van der Waals surface area (Å²) in [6.07, 6.45) is 7.96. The predicted molar refractivity (Wildman–Crippen MR) is 105 cm³/mol. The van der Waals surface area contributed by atoms with E-state index < -0.39 is 11.8 Å². The van der Waals surface area contributed by atoms with Gasteiger partial charge in [0, 0.05) is 23.4 Å². The molecule has 0 unspecified atom stereocenters. The summed E-state index contributed by atoms with van der Waals surface area (Å²) in [5.41, 5.74) is 1.74. The Hall–Kier alpha value is -2.08. The van der Waals surface area contributed by atoms with Gasteiger partial charge in [-0.05, 0) is 49.4 Å². The zero-order chi connectivity index (χ0) is 19.1. The normalized spacial score (nSPS) is 14.4. The van der Waals surface area contributed by atoms with Crippen molar-refractivity contribution in [2.45, 2.75) is 55.2 Å². The van der Waals surface area contributed by atoms with Gasteiger partial charge in [0.25, 0.3) is 0 Å². The van der Waals surface area contributed by atoms with Crippen LogP contribution in [-0.4, -0.2) is 27.9 Å². The summed E-state index contributed by atoms with van der Waals surface area (Å²) < 4.78 is 19.9. The number of rotatable bonds is 9. The standard InChI is InChI=1S/C21H24FNO3S/c22-18-14-15(10-11-19(18)26-13-4-3-9-20(24)25)17-8-5-12-23-21(17)27-16-6-1-2-7-16/h5,8,10-12,14,16H,1-4,6-7,9,13H2,(H,24,25). The van der Waals surface area contributed by atoms with Gasteiger partial charge in [-0.15, -0.1) is 11.8 Å². The molecular weight excluding hydrogens is 365 g/mol. The molecule has 1 aliphatic rings. The van der Waals surface area contributed by atoms with Crippen LogP contribution in [0.5, 0.6) is 5.75 Å². The molecule has 1 fully saturated rings. The minimum atomic E-state index is -0.826. The SMILES string of the molecule is O=C(O)CCCCOc1ccc(-c2cccnc2SC2CCCC2)cc1F. The molecule has 1 aromatic carbocycles. The van der Waals surface area contributed by atoms with Crippen LogP contribution >= 0.6 is 11.8 Å². The molecule has 0 atom stereocenters. The molecule has 0 amide bonds. The summed E-state index contributed by atoms with van der Waals surface area (Å²) in [5.74, 6) is -1.04. The van der Waals surface area contributed by atoms with Crippen molar-refractivity contribution in [2.24, 2.45) is 0 Å². The zero-order valence-corrected chi connectivity index (χ0v) is 16.0. The lowest BCUT2D eigenvalue weighted by Crippen LogP contribution is -2.02. The second-order valence-electron chi connectivity index (χ2n) is 6.72. The molecule has 0 radical (unpaired) electrons. The molecule has 3 rings (SSSR count). The van der Waals surface area contributed by atoms with Gasteiger partial charge in [0.2, 0.25) is 0 Å². The number of hydrogen-bond donors (Lipinski definition) is 1. The molecule has 4 nitrogen and oxygen atoms in total. The highest BCUT2D eigenvalue weighted by Gasteiger charge is 2.19. The second-order valence-corrected chi connectivity index (χ2v) is 8.01. The first-order valence-electron chi connectivity index (χ1n) is 9.39. The molecule has 6 heteroatoms. The molecule has 1 N–H and O–H groups in total. The smallest absolute Gasteiger partial charge is 0.303 e. The Morgan fingerprint density at radius 2 is 2.07 bits per heavy atom. The van der Waals surface area contributed by atoms with E-state index in [-0.39, 0.29) is 12.2 Å². The number of thioether (sulfide) groups is 1. The molecule has 0 saturated heterocycles. The fourth-order valence-electron chi connectivity index (χ4n) is 3.21. The first-order chi connectivity index (χ1) is 13.1. The molecule has 0 spiro atoms. The number of aliphatic carboxylic acids is 1. The molecule has 0 aliphatic heterocycles. The van der Waals surface area contributed by atoms with Crippen LogP contribution in [0.4, 0.5) is 4.39 Å². The third kappa shape index (κ3) is 5.70. The second kappa shape index (κ2) is 9.74. The van der Waals surface area contributed by atoms with E-state index in [1.807, 2.05) is 18.2 Å². The van der Waals surface area contributed by atoms with Gasteiger partial charge in [-0.2, -0.15) is 0 Å². The topological polar surface area (TPSA) is 59.4 Å². The molecule has 27 heavy (non-hydrogen) atoms. The van der Waals surface area contributed by atoms with Crippen molar-refractivity contribution >= 4 is 17.7 Å².